The molecule has 0 atom stereocenters. The van der Waals surface area contributed by atoms with Crippen molar-refractivity contribution < 1.29 is 4.79 Å². The maximum atomic E-state index is 12.1. The summed E-state index contributed by atoms with van der Waals surface area (Å²) in [6.45, 7) is 3.37. The summed E-state index contributed by atoms with van der Waals surface area (Å²) in [5.74, 6) is 0.00949. The average Bonchev–Trinajstić information content (AvgIpc) is 2.28. The number of carbonyl (C=O) groups excluding carboxylic acids is 1. The van der Waals surface area contributed by atoms with Gasteiger partial charge in [0, 0.05) is 30.7 Å². The van der Waals surface area contributed by atoms with Crippen LogP contribution >= 0.6 is 24.0 Å². The van der Waals surface area contributed by atoms with Crippen molar-refractivity contribution >= 4 is 29.9 Å². The highest BCUT2D eigenvalue weighted by atomic mass is 35.5. The molecule has 1 aromatic rings. The number of nitrogens with one attached hydrogen (secondary N) is 1. The Bertz CT molecular complexity index is 383. The number of rotatable bonds is 4. The maximum Gasteiger partial charge on any atom is 0.253 e. The third-order valence-corrected chi connectivity index (χ3v) is 2.71. The van der Waals surface area contributed by atoms with Gasteiger partial charge in [-0.1, -0.05) is 17.7 Å². The van der Waals surface area contributed by atoms with Crippen molar-refractivity contribution in [2.24, 2.45) is 0 Å². The number of carbonyl (C=O) groups is 1. The van der Waals surface area contributed by atoms with Gasteiger partial charge in [0.2, 0.25) is 0 Å². The molecule has 0 aliphatic rings. The van der Waals surface area contributed by atoms with Gasteiger partial charge in [-0.25, -0.2) is 0 Å². The van der Waals surface area contributed by atoms with Gasteiger partial charge in [-0.2, -0.15) is 0 Å². The number of benzene rings is 1. The minimum absolute atomic E-state index is 0. The third kappa shape index (κ3) is 4.54. The Morgan fingerprint density at radius 1 is 1.47 bits per heavy atom. The number of halogens is 2. The van der Waals surface area contributed by atoms with Crippen LogP contribution in [0, 0.1) is 6.92 Å². The van der Waals surface area contributed by atoms with Crippen LogP contribution in [-0.4, -0.2) is 38.0 Å². The Balaban J connectivity index is 0.00000256. The Hall–Kier alpha value is -0.770. The number of nitrogens with zero attached hydrogens (tertiary/aromatic N) is 1. The van der Waals surface area contributed by atoms with Crippen LogP contribution in [0.4, 0.5) is 0 Å². The molecule has 3 nitrogen and oxygen atoms in total. The summed E-state index contributed by atoms with van der Waals surface area (Å²) in [7, 11) is 3.66. The van der Waals surface area contributed by atoms with Crippen molar-refractivity contribution in [2.75, 3.05) is 27.2 Å². The molecule has 0 fully saturated rings. The molecule has 0 radical (unpaired) electrons. The van der Waals surface area contributed by atoms with E-state index in [1.807, 2.05) is 20.0 Å². The van der Waals surface area contributed by atoms with Crippen molar-refractivity contribution in [1.29, 1.82) is 0 Å². The molecule has 5 heteroatoms. The molecule has 0 saturated carbocycles. The van der Waals surface area contributed by atoms with Crippen LogP contribution in [0.25, 0.3) is 0 Å². The second kappa shape index (κ2) is 7.54. The maximum absolute atomic E-state index is 12.1. The SMILES string of the molecule is CNCCN(C)C(=O)c1cc(Cl)ccc1C.Cl. The fraction of sp³-hybridized carbons (Fsp3) is 0.417. The predicted octanol–water partition coefficient (Wildman–Crippen LogP) is 2.36. The summed E-state index contributed by atoms with van der Waals surface area (Å²) >= 11 is 5.89. The minimum Gasteiger partial charge on any atom is -0.340 e. The molecule has 0 spiro atoms. The number of likely N-dealkylation sites (N-methyl/N-ethyl adjacent to an activating group) is 2. The monoisotopic (exact) mass is 276 g/mol. The minimum atomic E-state index is 0. The summed E-state index contributed by atoms with van der Waals surface area (Å²) in [6.07, 6.45) is 0. The summed E-state index contributed by atoms with van der Waals surface area (Å²) in [4.78, 5) is 13.8. The highest BCUT2D eigenvalue weighted by Crippen LogP contribution is 2.16. The highest BCUT2D eigenvalue weighted by molar-refractivity contribution is 6.31. The molecule has 1 rings (SSSR count). The van der Waals surface area contributed by atoms with E-state index in [1.165, 1.54) is 0 Å². The van der Waals surface area contributed by atoms with Gasteiger partial charge in [0.25, 0.3) is 5.91 Å². The van der Waals surface area contributed by atoms with Crippen molar-refractivity contribution in [3.8, 4) is 0 Å². The number of amides is 1. The molecular formula is C12H18Cl2N2O. The number of hydrogen-bond acceptors (Lipinski definition) is 2. The standard InChI is InChI=1S/C12H17ClN2O.ClH/c1-9-4-5-10(13)8-11(9)12(16)15(3)7-6-14-2;/h4-5,8,14H,6-7H2,1-3H3;1H. The molecule has 1 aromatic carbocycles. The molecule has 0 bridgehead atoms. The van der Waals surface area contributed by atoms with Gasteiger partial charge in [-0.15, -0.1) is 12.4 Å². The van der Waals surface area contributed by atoms with Crippen molar-refractivity contribution in [3.05, 3.63) is 34.3 Å². The van der Waals surface area contributed by atoms with Gasteiger partial charge in [-0.05, 0) is 31.7 Å². The van der Waals surface area contributed by atoms with E-state index in [0.29, 0.717) is 17.1 Å². The normalized spacial score (nSPS) is 9.65. The van der Waals surface area contributed by atoms with E-state index in [2.05, 4.69) is 5.32 Å². The zero-order valence-corrected chi connectivity index (χ0v) is 11.9. The van der Waals surface area contributed by atoms with Gasteiger partial charge in [0.15, 0.2) is 0 Å². The third-order valence-electron chi connectivity index (χ3n) is 2.47. The van der Waals surface area contributed by atoms with Crippen LogP contribution in [0.3, 0.4) is 0 Å². The van der Waals surface area contributed by atoms with E-state index < -0.39 is 0 Å². The first-order valence-corrected chi connectivity index (χ1v) is 5.60. The molecule has 1 N–H and O–H groups in total. The predicted molar refractivity (Wildman–Crippen MR) is 74.3 cm³/mol. The van der Waals surface area contributed by atoms with E-state index in [4.69, 9.17) is 11.6 Å². The zero-order chi connectivity index (χ0) is 12.1. The van der Waals surface area contributed by atoms with Gasteiger partial charge >= 0.3 is 0 Å². The van der Waals surface area contributed by atoms with Crippen LogP contribution in [-0.2, 0) is 0 Å². The van der Waals surface area contributed by atoms with E-state index >= 15 is 0 Å². The van der Waals surface area contributed by atoms with E-state index in [0.717, 1.165) is 12.1 Å². The summed E-state index contributed by atoms with van der Waals surface area (Å²) in [6, 6.07) is 5.37. The van der Waals surface area contributed by atoms with Gasteiger partial charge in [0.1, 0.15) is 0 Å². The first-order valence-electron chi connectivity index (χ1n) is 5.22. The second-order valence-electron chi connectivity index (χ2n) is 3.79. The molecule has 0 aliphatic heterocycles. The topological polar surface area (TPSA) is 32.3 Å². The molecule has 0 saturated heterocycles. The Kier molecular flexibility index (Phi) is 7.19. The number of aryl methyl sites for hydroxylation is 1. The van der Waals surface area contributed by atoms with E-state index in [1.54, 1.807) is 24.1 Å². The lowest BCUT2D eigenvalue weighted by Crippen LogP contribution is -2.33. The smallest absolute Gasteiger partial charge is 0.253 e. The summed E-state index contributed by atoms with van der Waals surface area (Å²) in [5, 5.41) is 3.60. The molecular weight excluding hydrogens is 259 g/mol. The molecule has 0 aliphatic carbocycles. The first kappa shape index (κ1) is 16.2. The molecule has 17 heavy (non-hydrogen) atoms. The van der Waals surface area contributed by atoms with Crippen molar-refractivity contribution in [2.45, 2.75) is 6.92 Å². The van der Waals surface area contributed by atoms with Crippen LogP contribution in [0.5, 0.6) is 0 Å². The lowest BCUT2D eigenvalue weighted by molar-refractivity contribution is 0.0796. The molecule has 1 amide bonds. The molecule has 0 unspecified atom stereocenters. The Morgan fingerprint density at radius 2 is 2.12 bits per heavy atom. The van der Waals surface area contributed by atoms with Crippen LogP contribution in [0.1, 0.15) is 15.9 Å². The van der Waals surface area contributed by atoms with Crippen LogP contribution < -0.4 is 5.32 Å². The zero-order valence-electron chi connectivity index (χ0n) is 10.3. The Morgan fingerprint density at radius 3 is 2.71 bits per heavy atom. The fourth-order valence-corrected chi connectivity index (χ4v) is 1.58. The lowest BCUT2D eigenvalue weighted by Gasteiger charge is -2.18. The number of hydrogen-bond donors (Lipinski definition) is 1. The highest BCUT2D eigenvalue weighted by Gasteiger charge is 2.13. The average molecular weight is 277 g/mol. The fourth-order valence-electron chi connectivity index (χ4n) is 1.41. The van der Waals surface area contributed by atoms with Crippen molar-refractivity contribution in [1.82, 2.24) is 10.2 Å². The van der Waals surface area contributed by atoms with Gasteiger partial charge < -0.3 is 10.2 Å². The quantitative estimate of drug-likeness (QED) is 0.916. The van der Waals surface area contributed by atoms with Gasteiger partial charge in [-0.3, -0.25) is 4.79 Å². The first-order chi connectivity index (χ1) is 7.56. The van der Waals surface area contributed by atoms with Crippen LogP contribution in [0.15, 0.2) is 18.2 Å². The summed E-state index contributed by atoms with van der Waals surface area (Å²) in [5.41, 5.74) is 1.62. The van der Waals surface area contributed by atoms with E-state index in [9.17, 15) is 4.79 Å². The summed E-state index contributed by atoms with van der Waals surface area (Å²) < 4.78 is 0. The van der Waals surface area contributed by atoms with Gasteiger partial charge in [0.05, 0.1) is 0 Å². The molecule has 0 heterocycles. The second-order valence-corrected chi connectivity index (χ2v) is 4.23. The van der Waals surface area contributed by atoms with Crippen LogP contribution in [0.2, 0.25) is 5.02 Å². The lowest BCUT2D eigenvalue weighted by atomic mass is 10.1. The Labute approximate surface area is 114 Å². The molecule has 0 aromatic heterocycles. The largest absolute Gasteiger partial charge is 0.340 e. The van der Waals surface area contributed by atoms with E-state index in [-0.39, 0.29) is 18.3 Å². The van der Waals surface area contributed by atoms with Crippen molar-refractivity contribution in [3.63, 3.8) is 0 Å². The molecule has 96 valence electrons.